The van der Waals surface area contributed by atoms with Gasteiger partial charge in [0.05, 0.1) is 0 Å². The van der Waals surface area contributed by atoms with E-state index in [9.17, 15) is 30.3 Å². The number of aliphatic hydroxyl groups is 1. The van der Waals surface area contributed by atoms with Crippen LogP contribution in [0.1, 0.15) is 12.8 Å². The van der Waals surface area contributed by atoms with Gasteiger partial charge in [-0.15, -0.1) is 30.3 Å². The summed E-state index contributed by atoms with van der Waals surface area (Å²) in [5.74, 6) is 0. The van der Waals surface area contributed by atoms with Gasteiger partial charge >= 0.3 is 0 Å². The molecule has 0 aliphatic heterocycles. The third kappa shape index (κ3) is 7.80. The van der Waals surface area contributed by atoms with Crippen LogP contribution in [0.3, 0.4) is 0 Å². The van der Waals surface area contributed by atoms with E-state index in [0.717, 1.165) is 0 Å². The minimum absolute atomic E-state index is 0.0704. The molecule has 1 N–H and O–H groups in total. The molecule has 0 amide bonds. The van der Waals surface area contributed by atoms with Gasteiger partial charge in [0.1, 0.15) is 19.8 Å². The molecule has 0 atom stereocenters. The van der Waals surface area contributed by atoms with Crippen LogP contribution in [-0.4, -0.2) is 46.8 Å². The maximum atomic E-state index is 10.2. The maximum absolute atomic E-state index is 10.2. The minimum Gasteiger partial charge on any atom is -0.396 e. The molecule has 0 spiro atoms. The molecule has 0 fully saturated rings. The Kier molecular flexibility index (Phi) is 7.57. The second-order valence-electron chi connectivity index (χ2n) is 3.82. The second kappa shape index (κ2) is 8.63. The molecule has 0 aliphatic carbocycles. The lowest BCUT2D eigenvalue weighted by atomic mass is 9.86. The Labute approximate surface area is 111 Å². The Balaban J connectivity index is 4.87. The van der Waals surface area contributed by atoms with Crippen molar-refractivity contribution in [1.82, 2.24) is 0 Å². The van der Waals surface area contributed by atoms with Crippen molar-refractivity contribution in [3.8, 4) is 0 Å². The van der Waals surface area contributed by atoms with Crippen molar-refractivity contribution >= 4 is 0 Å². The molecule has 0 bridgehead atoms. The minimum atomic E-state index is -1.50. The van der Waals surface area contributed by atoms with Gasteiger partial charge in [0.2, 0.25) is 0 Å². The van der Waals surface area contributed by atoms with Gasteiger partial charge in [0.25, 0.3) is 15.3 Å². The van der Waals surface area contributed by atoms with E-state index >= 15 is 0 Å². The van der Waals surface area contributed by atoms with Crippen LogP contribution in [0.5, 0.6) is 0 Å². The normalized spacial score (nSPS) is 10.7. The predicted octanol–water partition coefficient (Wildman–Crippen LogP) is -0.630. The zero-order valence-electron chi connectivity index (χ0n) is 10.2. The van der Waals surface area contributed by atoms with E-state index in [0.29, 0.717) is 0 Å². The summed E-state index contributed by atoms with van der Waals surface area (Å²) in [4.78, 5) is 42.9. The highest BCUT2D eigenvalue weighted by atomic mass is 17.0. The molecule has 13 heteroatoms. The molecule has 0 rings (SSSR count). The number of aliphatic hydroxyl groups excluding tert-OH is 1. The molecule has 0 unspecified atom stereocenters. The molecular weight excluding hydrogens is 286 g/mol. The van der Waals surface area contributed by atoms with Gasteiger partial charge in [0.15, 0.2) is 0 Å². The summed E-state index contributed by atoms with van der Waals surface area (Å²) in [5, 5.41) is 35.8. The lowest BCUT2D eigenvalue weighted by Crippen LogP contribution is -2.39. The molecular formula is C7H13N3O10. The van der Waals surface area contributed by atoms with E-state index in [4.69, 9.17) is 5.11 Å². The van der Waals surface area contributed by atoms with Crippen molar-refractivity contribution in [1.29, 1.82) is 0 Å². The summed E-state index contributed by atoms with van der Waals surface area (Å²) >= 11 is 0. The smallest absolute Gasteiger partial charge is 0.294 e. The standard InChI is InChI=1S/C7H13N3O10/c11-3-1-2-7(4-18-8(12)13,5-19-9(14)15)6-20-10(16)17/h11H,1-6H2. The van der Waals surface area contributed by atoms with Gasteiger partial charge in [-0.1, -0.05) is 0 Å². The van der Waals surface area contributed by atoms with Crippen LogP contribution >= 0.6 is 0 Å². The number of nitrogens with zero attached hydrogens (tertiary/aromatic N) is 3. The molecule has 0 saturated heterocycles. The summed E-state index contributed by atoms with van der Waals surface area (Å²) < 4.78 is 0. The number of hydrogen-bond acceptors (Lipinski definition) is 10. The Hall–Kier alpha value is -2.44. The fourth-order valence-electron chi connectivity index (χ4n) is 1.36. The third-order valence-corrected chi connectivity index (χ3v) is 2.29. The quantitative estimate of drug-likeness (QED) is 0.360. The van der Waals surface area contributed by atoms with Crippen molar-refractivity contribution in [2.45, 2.75) is 12.8 Å². The van der Waals surface area contributed by atoms with Gasteiger partial charge in [-0.25, -0.2) is 0 Å². The molecule has 0 aliphatic rings. The Bertz CT molecular complexity index is 302. The van der Waals surface area contributed by atoms with Crippen LogP contribution in [0.2, 0.25) is 0 Å². The van der Waals surface area contributed by atoms with E-state index in [2.05, 4.69) is 14.5 Å². The van der Waals surface area contributed by atoms with Crippen LogP contribution in [0.15, 0.2) is 0 Å². The van der Waals surface area contributed by atoms with Gasteiger partial charge < -0.3 is 19.6 Å². The van der Waals surface area contributed by atoms with Gasteiger partial charge in [-0.05, 0) is 12.8 Å². The molecule has 116 valence electrons. The van der Waals surface area contributed by atoms with Crippen molar-refractivity contribution in [3.05, 3.63) is 30.3 Å². The van der Waals surface area contributed by atoms with E-state index in [1.54, 1.807) is 0 Å². The monoisotopic (exact) mass is 299 g/mol. The molecule has 0 aromatic heterocycles. The first-order valence-electron chi connectivity index (χ1n) is 5.24. The Morgan fingerprint density at radius 1 is 0.850 bits per heavy atom. The molecule has 20 heavy (non-hydrogen) atoms. The summed E-state index contributed by atoms with van der Waals surface area (Å²) in [5.41, 5.74) is -1.50. The van der Waals surface area contributed by atoms with Gasteiger partial charge in [0, 0.05) is 12.0 Å². The van der Waals surface area contributed by atoms with Crippen LogP contribution in [0.25, 0.3) is 0 Å². The van der Waals surface area contributed by atoms with Gasteiger partial charge in [-0.3, -0.25) is 0 Å². The van der Waals surface area contributed by atoms with E-state index in [1.807, 2.05) is 0 Å². The first-order chi connectivity index (χ1) is 9.31. The topological polar surface area (TPSA) is 177 Å². The highest BCUT2D eigenvalue weighted by Crippen LogP contribution is 2.26. The average molecular weight is 299 g/mol. The van der Waals surface area contributed by atoms with Crippen LogP contribution in [0, 0.1) is 35.8 Å². The molecule has 0 radical (unpaired) electrons. The molecule has 13 nitrogen and oxygen atoms in total. The summed E-state index contributed by atoms with van der Waals surface area (Å²) in [6.45, 7) is -2.44. The average Bonchev–Trinajstić information content (AvgIpc) is 2.36. The largest absolute Gasteiger partial charge is 0.396 e. The van der Waals surface area contributed by atoms with E-state index in [-0.39, 0.29) is 19.4 Å². The van der Waals surface area contributed by atoms with Crippen LogP contribution < -0.4 is 0 Å². The highest BCUT2D eigenvalue weighted by molar-refractivity contribution is 4.78. The maximum Gasteiger partial charge on any atom is 0.294 e. The lowest BCUT2D eigenvalue weighted by molar-refractivity contribution is -0.782. The fourth-order valence-corrected chi connectivity index (χ4v) is 1.36. The Morgan fingerprint density at radius 2 is 1.20 bits per heavy atom. The zero-order valence-corrected chi connectivity index (χ0v) is 10.2. The van der Waals surface area contributed by atoms with Crippen molar-refractivity contribution in [2.75, 3.05) is 26.4 Å². The first-order valence-corrected chi connectivity index (χ1v) is 5.24. The second-order valence-corrected chi connectivity index (χ2v) is 3.82. The molecule has 0 aromatic rings. The summed E-state index contributed by atoms with van der Waals surface area (Å²) in [6, 6.07) is 0. The van der Waals surface area contributed by atoms with Crippen LogP contribution in [0.4, 0.5) is 0 Å². The van der Waals surface area contributed by atoms with Crippen molar-refractivity contribution in [2.24, 2.45) is 5.41 Å². The fraction of sp³-hybridized carbons (Fsp3) is 1.00. The van der Waals surface area contributed by atoms with Crippen molar-refractivity contribution in [3.63, 3.8) is 0 Å². The number of rotatable bonds is 12. The van der Waals surface area contributed by atoms with Crippen LogP contribution in [-0.2, 0) is 14.5 Å². The molecule has 0 aromatic carbocycles. The molecule has 0 heterocycles. The zero-order chi connectivity index (χ0) is 15.6. The summed E-state index contributed by atoms with van der Waals surface area (Å²) in [6.07, 6.45) is 0.00223. The Morgan fingerprint density at radius 3 is 1.45 bits per heavy atom. The summed E-state index contributed by atoms with van der Waals surface area (Å²) in [7, 11) is 0. The van der Waals surface area contributed by atoms with Crippen molar-refractivity contribution < 1.29 is 34.9 Å². The number of hydrogen-bond donors (Lipinski definition) is 1. The van der Waals surface area contributed by atoms with E-state index in [1.165, 1.54) is 0 Å². The SMILES string of the molecule is O=[N+]([O-])OCC(CCCO)(CO[N+](=O)[O-])CO[N+](=O)[O-]. The van der Waals surface area contributed by atoms with E-state index < -0.39 is 40.5 Å². The first kappa shape index (κ1) is 17.6. The predicted molar refractivity (Wildman–Crippen MR) is 57.6 cm³/mol. The third-order valence-electron chi connectivity index (χ3n) is 2.29. The highest BCUT2D eigenvalue weighted by Gasteiger charge is 2.34. The van der Waals surface area contributed by atoms with Gasteiger partial charge in [-0.2, -0.15) is 0 Å². The lowest BCUT2D eigenvalue weighted by Gasteiger charge is -2.30. The molecule has 0 saturated carbocycles.